The number of carbonyl (C=O) groups is 1. The normalized spacial score (nSPS) is 19.9. The van der Waals surface area contributed by atoms with Gasteiger partial charge >= 0.3 is 0 Å². The molecule has 0 aliphatic carbocycles. The third-order valence-electron chi connectivity index (χ3n) is 3.60. The van der Waals surface area contributed by atoms with Crippen LogP contribution < -0.4 is 5.32 Å². The molecule has 1 N–H and O–H groups in total. The van der Waals surface area contributed by atoms with E-state index in [1.54, 1.807) is 0 Å². The number of hydrogen-bond donors (Lipinski definition) is 1. The zero-order valence-electron chi connectivity index (χ0n) is 11.3. The number of carbonyl (C=O) groups excluding carboxylic acids is 1. The molecule has 0 saturated carbocycles. The maximum atomic E-state index is 13.4. The minimum atomic E-state index is -1.57. The summed E-state index contributed by atoms with van der Waals surface area (Å²) < 4.78 is 39.3. The van der Waals surface area contributed by atoms with Crippen molar-refractivity contribution in [1.29, 1.82) is 0 Å². The number of piperidine rings is 1. The fraction of sp³-hybridized carbons (Fsp3) is 0.500. The summed E-state index contributed by atoms with van der Waals surface area (Å²) in [6, 6.07) is 2.10. The first-order valence-electron chi connectivity index (χ1n) is 6.66. The molecule has 1 amide bonds. The SMILES string of the molecule is C[C@H]1CCCCN1CC(=O)Nc1ccc(F)c(F)c1F. The highest BCUT2D eigenvalue weighted by molar-refractivity contribution is 5.92. The molecule has 1 aromatic rings. The minimum absolute atomic E-state index is 0.125. The van der Waals surface area contributed by atoms with E-state index in [0.29, 0.717) is 6.04 Å². The number of hydrogen-bond acceptors (Lipinski definition) is 2. The lowest BCUT2D eigenvalue weighted by molar-refractivity contribution is -0.118. The molecule has 3 nitrogen and oxygen atoms in total. The molecule has 1 fully saturated rings. The highest BCUT2D eigenvalue weighted by Gasteiger charge is 2.21. The smallest absolute Gasteiger partial charge is 0.238 e. The van der Waals surface area contributed by atoms with Crippen LogP contribution in [0.2, 0.25) is 0 Å². The van der Waals surface area contributed by atoms with Crippen molar-refractivity contribution >= 4 is 11.6 Å². The lowest BCUT2D eigenvalue weighted by atomic mass is 10.0. The van der Waals surface area contributed by atoms with Crippen molar-refractivity contribution in [2.45, 2.75) is 32.2 Å². The van der Waals surface area contributed by atoms with Crippen LogP contribution in [-0.4, -0.2) is 29.9 Å². The third-order valence-corrected chi connectivity index (χ3v) is 3.60. The number of nitrogens with zero attached hydrogens (tertiary/aromatic N) is 1. The lowest BCUT2D eigenvalue weighted by Crippen LogP contribution is -2.42. The van der Waals surface area contributed by atoms with Crippen molar-refractivity contribution in [3.63, 3.8) is 0 Å². The van der Waals surface area contributed by atoms with Gasteiger partial charge in [-0.1, -0.05) is 6.42 Å². The third kappa shape index (κ3) is 3.30. The first kappa shape index (κ1) is 14.8. The van der Waals surface area contributed by atoms with Crippen LogP contribution in [0, 0.1) is 17.5 Å². The first-order chi connectivity index (χ1) is 9.49. The summed E-state index contributed by atoms with van der Waals surface area (Å²) in [6.45, 7) is 2.97. The Hall–Kier alpha value is -1.56. The summed E-state index contributed by atoms with van der Waals surface area (Å²) >= 11 is 0. The molecule has 0 spiro atoms. The second-order valence-corrected chi connectivity index (χ2v) is 5.09. The fourth-order valence-electron chi connectivity index (χ4n) is 2.39. The number of likely N-dealkylation sites (tertiary alicyclic amines) is 1. The Kier molecular flexibility index (Phi) is 4.65. The molecule has 20 heavy (non-hydrogen) atoms. The van der Waals surface area contributed by atoms with Crippen LogP contribution >= 0.6 is 0 Å². The molecule has 110 valence electrons. The molecule has 0 aromatic heterocycles. The van der Waals surface area contributed by atoms with Gasteiger partial charge in [-0.05, 0) is 38.4 Å². The van der Waals surface area contributed by atoms with Crippen LogP contribution in [0.15, 0.2) is 12.1 Å². The summed E-state index contributed by atoms with van der Waals surface area (Å²) in [6.07, 6.45) is 3.18. The summed E-state index contributed by atoms with van der Waals surface area (Å²) in [5, 5.41) is 2.28. The second kappa shape index (κ2) is 6.26. The van der Waals surface area contributed by atoms with Crippen molar-refractivity contribution in [2.24, 2.45) is 0 Å². The van der Waals surface area contributed by atoms with Crippen LogP contribution in [-0.2, 0) is 4.79 Å². The van der Waals surface area contributed by atoms with E-state index in [9.17, 15) is 18.0 Å². The Labute approximate surface area is 115 Å². The van der Waals surface area contributed by atoms with E-state index in [4.69, 9.17) is 0 Å². The van der Waals surface area contributed by atoms with Gasteiger partial charge in [0.15, 0.2) is 17.5 Å². The Balaban J connectivity index is 1.99. The summed E-state index contributed by atoms with van der Waals surface area (Å²) in [5.41, 5.74) is -0.335. The van der Waals surface area contributed by atoms with E-state index in [1.165, 1.54) is 0 Å². The number of halogens is 3. The second-order valence-electron chi connectivity index (χ2n) is 5.09. The summed E-state index contributed by atoms with van der Waals surface area (Å²) in [5.74, 6) is -4.65. The van der Waals surface area contributed by atoms with Gasteiger partial charge < -0.3 is 5.32 Å². The molecular weight excluding hydrogens is 269 g/mol. The molecule has 1 atom stereocenters. The van der Waals surface area contributed by atoms with Gasteiger partial charge in [-0.25, -0.2) is 13.2 Å². The maximum absolute atomic E-state index is 13.4. The minimum Gasteiger partial charge on any atom is -0.322 e. The van der Waals surface area contributed by atoms with E-state index in [1.807, 2.05) is 11.8 Å². The predicted molar refractivity (Wildman–Crippen MR) is 69.8 cm³/mol. The molecule has 0 bridgehead atoms. The predicted octanol–water partition coefficient (Wildman–Crippen LogP) is 2.92. The van der Waals surface area contributed by atoms with Gasteiger partial charge in [0.25, 0.3) is 0 Å². The molecule has 1 saturated heterocycles. The van der Waals surface area contributed by atoms with Gasteiger partial charge in [0, 0.05) is 6.04 Å². The van der Waals surface area contributed by atoms with E-state index < -0.39 is 23.4 Å². The topological polar surface area (TPSA) is 32.3 Å². The number of amides is 1. The van der Waals surface area contributed by atoms with Gasteiger partial charge in [0.1, 0.15) is 0 Å². The summed E-state index contributed by atoms with van der Waals surface area (Å²) in [4.78, 5) is 13.8. The van der Waals surface area contributed by atoms with Crippen LogP contribution in [0.25, 0.3) is 0 Å². The van der Waals surface area contributed by atoms with Gasteiger partial charge in [-0.3, -0.25) is 9.69 Å². The Morgan fingerprint density at radius 2 is 2.05 bits per heavy atom. The van der Waals surface area contributed by atoms with Crippen LogP contribution in [0.5, 0.6) is 0 Å². The zero-order valence-corrected chi connectivity index (χ0v) is 11.3. The quantitative estimate of drug-likeness (QED) is 0.867. The molecular formula is C14H17F3N2O. The van der Waals surface area contributed by atoms with Crippen molar-refractivity contribution < 1.29 is 18.0 Å². The molecule has 0 unspecified atom stereocenters. The van der Waals surface area contributed by atoms with Crippen LogP contribution in [0.4, 0.5) is 18.9 Å². The molecule has 6 heteroatoms. The van der Waals surface area contributed by atoms with Crippen molar-refractivity contribution in [3.05, 3.63) is 29.6 Å². The highest BCUT2D eigenvalue weighted by atomic mass is 19.2. The molecule has 1 aliphatic heterocycles. The Morgan fingerprint density at radius 1 is 1.30 bits per heavy atom. The lowest BCUT2D eigenvalue weighted by Gasteiger charge is -2.32. The largest absolute Gasteiger partial charge is 0.322 e. The van der Waals surface area contributed by atoms with Crippen molar-refractivity contribution in [2.75, 3.05) is 18.4 Å². The van der Waals surface area contributed by atoms with Gasteiger partial charge in [0.05, 0.1) is 12.2 Å². The number of nitrogens with one attached hydrogen (secondary N) is 1. The van der Waals surface area contributed by atoms with E-state index >= 15 is 0 Å². The molecule has 2 rings (SSSR count). The fourth-order valence-corrected chi connectivity index (χ4v) is 2.39. The zero-order chi connectivity index (χ0) is 14.7. The van der Waals surface area contributed by atoms with Crippen molar-refractivity contribution in [1.82, 2.24) is 4.90 Å². The average Bonchev–Trinajstić information content (AvgIpc) is 2.42. The maximum Gasteiger partial charge on any atom is 0.238 e. The van der Waals surface area contributed by atoms with E-state index in [0.717, 1.165) is 37.9 Å². The Bertz CT molecular complexity index is 507. The van der Waals surface area contributed by atoms with E-state index in [2.05, 4.69) is 5.32 Å². The van der Waals surface area contributed by atoms with Crippen molar-refractivity contribution in [3.8, 4) is 0 Å². The molecule has 1 heterocycles. The van der Waals surface area contributed by atoms with E-state index in [-0.39, 0.29) is 12.2 Å². The van der Waals surface area contributed by atoms with Gasteiger partial charge in [0.2, 0.25) is 5.91 Å². The molecule has 1 aromatic carbocycles. The first-order valence-corrected chi connectivity index (χ1v) is 6.66. The van der Waals surface area contributed by atoms with Crippen LogP contribution in [0.3, 0.4) is 0 Å². The molecule has 1 aliphatic rings. The molecule has 0 radical (unpaired) electrons. The van der Waals surface area contributed by atoms with Gasteiger partial charge in [-0.2, -0.15) is 0 Å². The Morgan fingerprint density at radius 3 is 2.75 bits per heavy atom. The van der Waals surface area contributed by atoms with Gasteiger partial charge in [-0.15, -0.1) is 0 Å². The van der Waals surface area contributed by atoms with Crippen LogP contribution in [0.1, 0.15) is 26.2 Å². The summed E-state index contributed by atoms with van der Waals surface area (Å²) in [7, 11) is 0. The monoisotopic (exact) mass is 286 g/mol. The standard InChI is InChI=1S/C14H17F3N2O/c1-9-4-2-3-7-19(9)8-12(20)18-11-6-5-10(15)13(16)14(11)17/h5-6,9H,2-4,7-8H2,1H3,(H,18,20)/t9-/m0/s1. The highest BCUT2D eigenvalue weighted by Crippen LogP contribution is 2.20. The average molecular weight is 286 g/mol. The number of rotatable bonds is 3. The number of anilines is 1. The number of benzene rings is 1.